The molecular weight excluding hydrogens is 378 g/mol. The van der Waals surface area contributed by atoms with Crippen LogP contribution in [0, 0.1) is 0 Å². The van der Waals surface area contributed by atoms with Crippen LogP contribution in [0.4, 0.5) is 0 Å². The summed E-state index contributed by atoms with van der Waals surface area (Å²) in [5, 5.41) is 5.26. The Bertz CT molecular complexity index is 1010. The first-order valence-electron chi connectivity index (χ1n) is 8.02. The third-order valence-corrected chi connectivity index (χ3v) is 4.88. The Morgan fingerprint density at radius 1 is 1.00 bits per heavy atom. The van der Waals surface area contributed by atoms with E-state index in [9.17, 15) is 0 Å². The van der Waals surface area contributed by atoms with Crippen molar-refractivity contribution in [1.29, 1.82) is 0 Å². The lowest BCUT2D eigenvalue weighted by Crippen LogP contribution is -2.15. The van der Waals surface area contributed by atoms with Gasteiger partial charge in [0.2, 0.25) is 0 Å². The van der Waals surface area contributed by atoms with Crippen molar-refractivity contribution in [1.82, 2.24) is 10.1 Å². The van der Waals surface area contributed by atoms with E-state index in [0.29, 0.717) is 6.42 Å². The summed E-state index contributed by atoms with van der Waals surface area (Å²) in [6, 6.07) is 19.6. The molecule has 5 heteroatoms. The molecule has 25 heavy (non-hydrogen) atoms. The van der Waals surface area contributed by atoms with Crippen LogP contribution in [0.2, 0.25) is 0 Å². The number of hydrogen-bond acceptors (Lipinski definition) is 4. The third-order valence-electron chi connectivity index (χ3n) is 4.22. The number of fused-ring (bicyclic) bond motifs is 1. The maximum Gasteiger partial charge on any atom is 0.168 e. The number of nitrogens with zero attached hydrogens (tertiary/aromatic N) is 2. The number of pyridine rings is 1. The molecule has 1 atom stereocenters. The fourth-order valence-corrected chi connectivity index (χ4v) is 3.56. The Morgan fingerprint density at radius 3 is 2.68 bits per heavy atom. The molecule has 0 aliphatic carbocycles. The van der Waals surface area contributed by atoms with Gasteiger partial charge in [0, 0.05) is 34.4 Å². The smallest absolute Gasteiger partial charge is 0.168 e. The molecule has 0 bridgehead atoms. The Hall–Kier alpha value is -2.50. The second-order valence-electron chi connectivity index (χ2n) is 5.86. The van der Waals surface area contributed by atoms with Gasteiger partial charge < -0.3 is 10.3 Å². The maximum absolute atomic E-state index is 6.51. The van der Waals surface area contributed by atoms with Gasteiger partial charge in [0.1, 0.15) is 5.69 Å². The van der Waals surface area contributed by atoms with Gasteiger partial charge in [-0.05, 0) is 45.8 Å². The van der Waals surface area contributed by atoms with E-state index in [1.54, 1.807) is 6.20 Å². The number of benzene rings is 2. The average Bonchev–Trinajstić information content (AvgIpc) is 3.08. The van der Waals surface area contributed by atoms with Gasteiger partial charge in [0.25, 0.3) is 0 Å². The molecule has 0 fully saturated rings. The summed E-state index contributed by atoms with van der Waals surface area (Å²) in [6.07, 6.45) is 2.45. The summed E-state index contributed by atoms with van der Waals surface area (Å²) in [4.78, 5) is 4.38. The van der Waals surface area contributed by atoms with Crippen LogP contribution in [-0.2, 0) is 6.42 Å². The Morgan fingerprint density at radius 2 is 1.84 bits per heavy atom. The van der Waals surface area contributed by atoms with Crippen molar-refractivity contribution in [3.05, 3.63) is 82.6 Å². The lowest BCUT2D eigenvalue weighted by molar-refractivity contribution is 0.459. The molecule has 0 spiro atoms. The van der Waals surface area contributed by atoms with Gasteiger partial charge in [-0.25, -0.2) is 0 Å². The van der Waals surface area contributed by atoms with E-state index in [1.165, 1.54) is 0 Å². The molecule has 2 aromatic carbocycles. The highest BCUT2D eigenvalue weighted by Gasteiger charge is 2.19. The lowest BCUT2D eigenvalue weighted by atomic mass is 9.94. The molecule has 4 aromatic rings. The summed E-state index contributed by atoms with van der Waals surface area (Å²) < 4.78 is 6.46. The third kappa shape index (κ3) is 3.08. The molecule has 2 heterocycles. The first-order chi connectivity index (χ1) is 12.2. The molecule has 0 radical (unpaired) electrons. The molecule has 0 amide bonds. The van der Waals surface area contributed by atoms with Crippen molar-refractivity contribution in [2.75, 3.05) is 0 Å². The van der Waals surface area contributed by atoms with Gasteiger partial charge in [-0.3, -0.25) is 4.98 Å². The topological polar surface area (TPSA) is 64.9 Å². The van der Waals surface area contributed by atoms with Crippen LogP contribution in [0.15, 0.2) is 75.9 Å². The molecule has 4 nitrogen and oxygen atoms in total. The molecule has 0 aliphatic heterocycles. The van der Waals surface area contributed by atoms with Crippen LogP contribution in [0.3, 0.4) is 0 Å². The molecular formula is C20H16BrN3O. The second kappa shape index (κ2) is 6.78. The van der Waals surface area contributed by atoms with Gasteiger partial charge in [-0.1, -0.05) is 41.6 Å². The highest BCUT2D eigenvalue weighted by molar-refractivity contribution is 9.10. The molecule has 0 aliphatic rings. The standard InChI is InChI=1S/C20H16BrN3O/c21-16-9-5-10-18-19(16)20(24-25-18)15-8-2-1-7-14(15)17(22)12-13-6-3-4-11-23-13/h1-11,17H,12,22H2/t17-/m0/s1. The van der Waals surface area contributed by atoms with Crippen LogP contribution >= 0.6 is 15.9 Å². The Kier molecular flexibility index (Phi) is 4.34. The predicted molar refractivity (Wildman–Crippen MR) is 102 cm³/mol. The Labute approximate surface area is 153 Å². The van der Waals surface area contributed by atoms with Crippen molar-refractivity contribution >= 4 is 26.9 Å². The van der Waals surface area contributed by atoms with E-state index in [2.05, 4.69) is 26.1 Å². The number of nitrogens with two attached hydrogens (primary N) is 1. The fourth-order valence-electron chi connectivity index (χ4n) is 3.02. The highest BCUT2D eigenvalue weighted by atomic mass is 79.9. The zero-order valence-electron chi connectivity index (χ0n) is 13.4. The first-order valence-corrected chi connectivity index (χ1v) is 8.82. The highest BCUT2D eigenvalue weighted by Crippen LogP contribution is 2.36. The molecule has 4 rings (SSSR count). The number of rotatable bonds is 4. The maximum atomic E-state index is 6.51. The number of aromatic nitrogens is 2. The van der Waals surface area contributed by atoms with Gasteiger partial charge in [0.15, 0.2) is 5.58 Å². The quantitative estimate of drug-likeness (QED) is 0.535. The van der Waals surface area contributed by atoms with Crippen LogP contribution in [-0.4, -0.2) is 10.1 Å². The second-order valence-corrected chi connectivity index (χ2v) is 6.72. The molecule has 124 valence electrons. The van der Waals surface area contributed by atoms with Gasteiger partial charge in [0.05, 0.1) is 5.39 Å². The average molecular weight is 394 g/mol. The predicted octanol–water partition coefficient (Wildman–Crippen LogP) is 4.89. The zero-order valence-corrected chi connectivity index (χ0v) is 15.0. The van der Waals surface area contributed by atoms with Gasteiger partial charge in [-0.2, -0.15) is 0 Å². The number of hydrogen-bond donors (Lipinski definition) is 1. The summed E-state index contributed by atoms with van der Waals surface area (Å²) in [7, 11) is 0. The fraction of sp³-hybridized carbons (Fsp3) is 0.100. The van der Waals surface area contributed by atoms with E-state index in [-0.39, 0.29) is 6.04 Å². The van der Waals surface area contributed by atoms with Gasteiger partial charge >= 0.3 is 0 Å². The van der Waals surface area contributed by atoms with Crippen LogP contribution in [0.1, 0.15) is 17.3 Å². The van der Waals surface area contributed by atoms with Crippen LogP contribution in [0.5, 0.6) is 0 Å². The van der Waals surface area contributed by atoms with E-state index in [1.807, 2.05) is 60.7 Å². The van der Waals surface area contributed by atoms with E-state index in [4.69, 9.17) is 10.3 Å². The summed E-state index contributed by atoms with van der Waals surface area (Å²) in [6.45, 7) is 0. The molecule has 0 saturated heterocycles. The summed E-state index contributed by atoms with van der Waals surface area (Å²) >= 11 is 3.60. The monoisotopic (exact) mass is 393 g/mol. The Balaban J connectivity index is 1.79. The molecule has 0 saturated carbocycles. The normalized spacial score (nSPS) is 12.4. The molecule has 0 unspecified atom stereocenters. The lowest BCUT2D eigenvalue weighted by Gasteiger charge is -2.15. The zero-order chi connectivity index (χ0) is 17.2. The minimum absolute atomic E-state index is 0.180. The molecule has 2 N–H and O–H groups in total. The molecule has 2 aromatic heterocycles. The summed E-state index contributed by atoms with van der Waals surface area (Å²) in [5.41, 5.74) is 11.0. The van der Waals surface area contributed by atoms with Crippen LogP contribution < -0.4 is 5.73 Å². The van der Waals surface area contributed by atoms with Crippen molar-refractivity contribution in [2.45, 2.75) is 12.5 Å². The van der Waals surface area contributed by atoms with Crippen molar-refractivity contribution in [2.24, 2.45) is 5.73 Å². The van der Waals surface area contributed by atoms with Crippen molar-refractivity contribution in [3.8, 4) is 11.3 Å². The van der Waals surface area contributed by atoms with Crippen LogP contribution in [0.25, 0.3) is 22.2 Å². The van der Waals surface area contributed by atoms with E-state index in [0.717, 1.165) is 38.0 Å². The minimum Gasteiger partial charge on any atom is -0.356 e. The summed E-state index contributed by atoms with van der Waals surface area (Å²) in [5.74, 6) is 0. The number of halogens is 1. The SMILES string of the molecule is N[C@@H](Cc1ccccn1)c1ccccc1-c1noc2cccc(Br)c12. The van der Waals surface area contributed by atoms with Crippen molar-refractivity contribution in [3.63, 3.8) is 0 Å². The van der Waals surface area contributed by atoms with E-state index >= 15 is 0 Å². The van der Waals surface area contributed by atoms with E-state index < -0.39 is 0 Å². The first kappa shape index (κ1) is 16.0. The van der Waals surface area contributed by atoms with Gasteiger partial charge in [-0.15, -0.1) is 0 Å². The largest absolute Gasteiger partial charge is 0.356 e. The van der Waals surface area contributed by atoms with Crippen molar-refractivity contribution < 1.29 is 4.52 Å². The minimum atomic E-state index is -0.180.